The van der Waals surface area contributed by atoms with E-state index in [0.717, 1.165) is 29.5 Å². The first kappa shape index (κ1) is 13.1. The molecule has 1 aliphatic rings. The highest BCUT2D eigenvalue weighted by atomic mass is 79.9. The maximum absolute atomic E-state index is 12.0. The maximum Gasteiger partial charge on any atom is 0.252 e. The summed E-state index contributed by atoms with van der Waals surface area (Å²) in [5.74, 6) is 0.187. The van der Waals surface area contributed by atoms with Gasteiger partial charge in [-0.05, 0) is 34.8 Å². The van der Waals surface area contributed by atoms with Crippen molar-refractivity contribution in [3.63, 3.8) is 0 Å². The summed E-state index contributed by atoms with van der Waals surface area (Å²) in [6.45, 7) is 0.165. The summed E-state index contributed by atoms with van der Waals surface area (Å²) < 4.78 is 0.963. The van der Waals surface area contributed by atoms with Crippen LogP contribution in [0.4, 0.5) is 0 Å². The molecule has 0 aliphatic heterocycles. The Labute approximate surface area is 113 Å². The lowest BCUT2D eigenvalue weighted by atomic mass is 9.85. The average molecular weight is 318 g/mol. The molecule has 2 atom stereocenters. The molecule has 17 heavy (non-hydrogen) atoms. The van der Waals surface area contributed by atoms with E-state index in [2.05, 4.69) is 21.2 Å². The summed E-state index contributed by atoms with van der Waals surface area (Å²) in [6.07, 6.45) is 4.27. The Morgan fingerprint density at radius 2 is 2.29 bits per heavy atom. The van der Waals surface area contributed by atoms with E-state index in [9.17, 15) is 9.90 Å². The predicted molar refractivity (Wildman–Crippen MR) is 72.3 cm³/mol. The molecule has 0 spiro atoms. The first-order chi connectivity index (χ1) is 8.20. The Hall–Kier alpha value is -0.390. The molecule has 3 nitrogen and oxygen atoms in total. The van der Waals surface area contributed by atoms with Crippen LogP contribution in [-0.4, -0.2) is 23.7 Å². The van der Waals surface area contributed by atoms with Crippen LogP contribution in [0, 0.1) is 5.92 Å². The van der Waals surface area contributed by atoms with Gasteiger partial charge in [-0.1, -0.05) is 12.8 Å². The molecule has 0 radical (unpaired) electrons. The largest absolute Gasteiger partial charge is 0.396 e. The third-order valence-electron chi connectivity index (χ3n) is 3.29. The van der Waals surface area contributed by atoms with Gasteiger partial charge in [0.05, 0.1) is 9.35 Å². The van der Waals surface area contributed by atoms with Gasteiger partial charge >= 0.3 is 0 Å². The van der Waals surface area contributed by atoms with Gasteiger partial charge in [0.1, 0.15) is 0 Å². The van der Waals surface area contributed by atoms with Crippen molar-refractivity contribution in [3.8, 4) is 0 Å². The lowest BCUT2D eigenvalue weighted by molar-refractivity contribution is 0.0873. The molecule has 1 fully saturated rings. The van der Waals surface area contributed by atoms with Crippen LogP contribution in [0.15, 0.2) is 15.2 Å². The summed E-state index contributed by atoms with van der Waals surface area (Å²) >= 11 is 4.86. The van der Waals surface area contributed by atoms with Crippen molar-refractivity contribution < 1.29 is 9.90 Å². The minimum absolute atomic E-state index is 0.0303. The molecule has 94 valence electrons. The van der Waals surface area contributed by atoms with E-state index in [1.54, 1.807) is 0 Å². The smallest absolute Gasteiger partial charge is 0.252 e. The van der Waals surface area contributed by atoms with Crippen LogP contribution in [0.1, 0.15) is 36.0 Å². The number of hydrogen-bond donors (Lipinski definition) is 2. The average Bonchev–Trinajstić information content (AvgIpc) is 2.77. The van der Waals surface area contributed by atoms with Crippen molar-refractivity contribution in [3.05, 3.63) is 20.8 Å². The molecule has 1 heterocycles. The molecule has 2 unspecified atom stereocenters. The first-order valence-electron chi connectivity index (χ1n) is 5.86. The third kappa shape index (κ3) is 3.30. The van der Waals surface area contributed by atoms with Gasteiger partial charge in [0.25, 0.3) is 5.91 Å². The zero-order valence-electron chi connectivity index (χ0n) is 9.49. The van der Waals surface area contributed by atoms with Gasteiger partial charge in [-0.25, -0.2) is 0 Å². The molecule has 2 N–H and O–H groups in total. The molecule has 5 heteroatoms. The Kier molecular flexibility index (Phi) is 4.59. The number of thiophene rings is 1. The number of amides is 1. The number of aliphatic hydroxyl groups excluding tert-OH is 1. The standard InChI is InChI=1S/C12H16BrNO2S/c13-11-5-9(7-17-11)12(16)14-10-4-2-1-3-8(10)6-15/h5,7-8,10,15H,1-4,6H2,(H,14,16). The third-order valence-corrected chi connectivity index (χ3v) is 4.79. The summed E-state index contributed by atoms with van der Waals surface area (Å²) in [4.78, 5) is 12.0. The summed E-state index contributed by atoms with van der Waals surface area (Å²) in [5, 5.41) is 14.2. The number of carbonyl (C=O) groups excluding carboxylic acids is 1. The maximum atomic E-state index is 12.0. The summed E-state index contributed by atoms with van der Waals surface area (Å²) in [6, 6.07) is 1.96. The minimum atomic E-state index is -0.0303. The van der Waals surface area contributed by atoms with E-state index in [0.29, 0.717) is 5.56 Å². The van der Waals surface area contributed by atoms with Crippen molar-refractivity contribution in [1.82, 2.24) is 5.32 Å². The SMILES string of the molecule is O=C(NC1CCCCC1CO)c1csc(Br)c1. The number of nitrogens with one attached hydrogen (secondary N) is 1. The van der Waals surface area contributed by atoms with Gasteiger partial charge in [-0.3, -0.25) is 4.79 Å². The van der Waals surface area contributed by atoms with Crippen molar-refractivity contribution in [2.75, 3.05) is 6.61 Å². The summed E-state index contributed by atoms with van der Waals surface area (Å²) in [5.41, 5.74) is 0.698. The minimum Gasteiger partial charge on any atom is -0.396 e. The van der Waals surface area contributed by atoms with E-state index in [-0.39, 0.29) is 24.5 Å². The fourth-order valence-electron chi connectivity index (χ4n) is 2.30. The quantitative estimate of drug-likeness (QED) is 0.900. The topological polar surface area (TPSA) is 49.3 Å². The van der Waals surface area contributed by atoms with Crippen LogP contribution in [0.2, 0.25) is 0 Å². The monoisotopic (exact) mass is 317 g/mol. The highest BCUT2D eigenvalue weighted by Gasteiger charge is 2.26. The van der Waals surface area contributed by atoms with Crippen molar-refractivity contribution in [1.29, 1.82) is 0 Å². The molecule has 0 aromatic carbocycles. The van der Waals surface area contributed by atoms with Crippen molar-refractivity contribution in [2.45, 2.75) is 31.7 Å². The van der Waals surface area contributed by atoms with Crippen LogP contribution in [-0.2, 0) is 0 Å². The molecular formula is C12H16BrNO2S. The fraction of sp³-hybridized carbons (Fsp3) is 0.583. The number of rotatable bonds is 3. The number of aliphatic hydroxyl groups is 1. The Morgan fingerprint density at radius 3 is 2.94 bits per heavy atom. The predicted octanol–water partition coefficient (Wildman–Crippen LogP) is 2.79. The van der Waals surface area contributed by atoms with E-state index in [1.165, 1.54) is 11.3 Å². The molecule has 1 aromatic heterocycles. The Morgan fingerprint density at radius 1 is 1.53 bits per heavy atom. The van der Waals surface area contributed by atoms with Crippen LogP contribution in [0.25, 0.3) is 0 Å². The van der Waals surface area contributed by atoms with Crippen LogP contribution in [0.5, 0.6) is 0 Å². The molecule has 1 saturated carbocycles. The summed E-state index contributed by atoms with van der Waals surface area (Å²) in [7, 11) is 0. The van der Waals surface area contributed by atoms with Gasteiger partial charge in [-0.15, -0.1) is 11.3 Å². The second-order valence-corrected chi connectivity index (χ2v) is 6.74. The van der Waals surface area contributed by atoms with E-state index in [4.69, 9.17) is 0 Å². The highest BCUT2D eigenvalue weighted by molar-refractivity contribution is 9.11. The molecule has 0 bridgehead atoms. The molecule has 1 aliphatic carbocycles. The van der Waals surface area contributed by atoms with E-state index >= 15 is 0 Å². The molecule has 1 aromatic rings. The van der Waals surface area contributed by atoms with Crippen molar-refractivity contribution >= 4 is 33.2 Å². The second kappa shape index (κ2) is 5.98. The van der Waals surface area contributed by atoms with Crippen molar-refractivity contribution in [2.24, 2.45) is 5.92 Å². The Bertz CT molecular complexity index is 394. The van der Waals surface area contributed by atoms with E-state index < -0.39 is 0 Å². The lowest BCUT2D eigenvalue weighted by Gasteiger charge is -2.30. The van der Waals surface area contributed by atoms with Gasteiger partial charge in [0.2, 0.25) is 0 Å². The number of carbonyl (C=O) groups is 1. The normalized spacial score (nSPS) is 24.6. The van der Waals surface area contributed by atoms with Crippen LogP contribution in [0.3, 0.4) is 0 Å². The van der Waals surface area contributed by atoms with Gasteiger partial charge in [0.15, 0.2) is 0 Å². The number of hydrogen-bond acceptors (Lipinski definition) is 3. The van der Waals surface area contributed by atoms with Gasteiger partial charge in [-0.2, -0.15) is 0 Å². The second-order valence-electron chi connectivity index (χ2n) is 4.45. The first-order valence-corrected chi connectivity index (χ1v) is 7.53. The molecule has 0 saturated heterocycles. The van der Waals surface area contributed by atoms with E-state index in [1.807, 2.05) is 11.4 Å². The van der Waals surface area contributed by atoms with Gasteiger partial charge < -0.3 is 10.4 Å². The number of halogens is 1. The fourth-order valence-corrected chi connectivity index (χ4v) is 3.43. The zero-order chi connectivity index (χ0) is 12.3. The lowest BCUT2D eigenvalue weighted by Crippen LogP contribution is -2.43. The van der Waals surface area contributed by atoms with Crippen LogP contribution >= 0.6 is 27.3 Å². The Balaban J connectivity index is 1.97. The zero-order valence-corrected chi connectivity index (χ0v) is 11.9. The molecule has 2 rings (SSSR count). The molecular weight excluding hydrogens is 302 g/mol. The highest BCUT2D eigenvalue weighted by Crippen LogP contribution is 2.25. The molecule has 1 amide bonds. The van der Waals surface area contributed by atoms with Gasteiger partial charge in [0, 0.05) is 23.9 Å². The van der Waals surface area contributed by atoms with Crippen LogP contribution < -0.4 is 5.32 Å².